The molecule has 4 aromatic rings. The van der Waals surface area contributed by atoms with Crippen LogP contribution >= 0.6 is 0 Å². The molecular formula is C31H23F6N3O5. The first-order valence-electron chi connectivity index (χ1n) is 13.5. The predicted octanol–water partition coefficient (Wildman–Crippen LogP) is 6.49. The second kappa shape index (κ2) is 11.8. The van der Waals surface area contributed by atoms with E-state index in [0.29, 0.717) is 10.7 Å². The number of allylic oxidation sites excluding steroid dienone is 1. The lowest BCUT2D eigenvalue weighted by atomic mass is 9.83. The fourth-order valence-electron chi connectivity index (χ4n) is 5.51. The van der Waals surface area contributed by atoms with Crippen molar-refractivity contribution in [1.29, 1.82) is 0 Å². The summed E-state index contributed by atoms with van der Waals surface area (Å²) in [6.45, 7) is 3.64. The zero-order valence-corrected chi connectivity index (χ0v) is 23.1. The Morgan fingerprint density at radius 3 is 2.20 bits per heavy atom. The van der Waals surface area contributed by atoms with E-state index in [1.807, 2.05) is 0 Å². The molecule has 0 unspecified atom stereocenters. The van der Waals surface area contributed by atoms with Gasteiger partial charge in [0.25, 0.3) is 5.56 Å². The van der Waals surface area contributed by atoms with Crippen LogP contribution in [0.3, 0.4) is 0 Å². The lowest BCUT2D eigenvalue weighted by molar-refractivity contribution is -0.143. The molecule has 8 nitrogen and oxygen atoms in total. The highest BCUT2D eigenvalue weighted by molar-refractivity contribution is 6.00. The van der Waals surface area contributed by atoms with E-state index in [-0.39, 0.29) is 52.9 Å². The molecule has 1 fully saturated rings. The SMILES string of the molecule is C=C([C@@H]1CC[C@H](C(=O)c2ccc(OCc3cccc(C(F)(F)F)c3)cc2)[C@H]1C(=O)O)n1nnc2ccc(C(F)(F)F)cc2c1=O. The second-order valence-corrected chi connectivity index (χ2v) is 10.6. The number of carboxylic acid groups (broad SMARTS) is 1. The number of ether oxygens (including phenoxy) is 1. The first-order valence-corrected chi connectivity index (χ1v) is 13.5. The lowest BCUT2D eigenvalue weighted by Crippen LogP contribution is -2.33. The summed E-state index contributed by atoms with van der Waals surface area (Å²) in [4.78, 5) is 38.9. The molecule has 0 saturated heterocycles. The highest BCUT2D eigenvalue weighted by Gasteiger charge is 2.46. The van der Waals surface area contributed by atoms with Gasteiger partial charge in [-0.1, -0.05) is 23.9 Å². The third kappa shape index (κ3) is 6.44. The smallest absolute Gasteiger partial charge is 0.416 e. The van der Waals surface area contributed by atoms with Crippen LogP contribution in [-0.2, 0) is 23.8 Å². The molecule has 14 heteroatoms. The number of nitrogens with zero attached hydrogens (tertiary/aromatic N) is 3. The number of carboxylic acids is 1. The van der Waals surface area contributed by atoms with Gasteiger partial charge in [-0.2, -0.15) is 31.0 Å². The molecule has 1 N–H and O–H groups in total. The van der Waals surface area contributed by atoms with Gasteiger partial charge in [-0.3, -0.25) is 14.4 Å². The van der Waals surface area contributed by atoms with E-state index >= 15 is 0 Å². The number of carbonyl (C=O) groups is 2. The Kier molecular flexibility index (Phi) is 8.25. The molecule has 1 aliphatic carbocycles. The molecule has 3 atom stereocenters. The van der Waals surface area contributed by atoms with Crippen LogP contribution in [0.2, 0.25) is 0 Å². The van der Waals surface area contributed by atoms with Gasteiger partial charge in [0, 0.05) is 23.1 Å². The van der Waals surface area contributed by atoms with Gasteiger partial charge in [-0.25, -0.2) is 0 Å². The Labute approximate surface area is 250 Å². The number of benzene rings is 3. The number of halogens is 6. The predicted molar refractivity (Wildman–Crippen MR) is 148 cm³/mol. The number of carbonyl (C=O) groups excluding carboxylic acids is 1. The summed E-state index contributed by atoms with van der Waals surface area (Å²) in [5.41, 5.74) is -2.62. The van der Waals surface area contributed by atoms with E-state index in [0.717, 1.165) is 24.3 Å². The topological polar surface area (TPSA) is 111 Å². The van der Waals surface area contributed by atoms with Crippen molar-refractivity contribution in [2.75, 3.05) is 0 Å². The van der Waals surface area contributed by atoms with Crippen LogP contribution < -0.4 is 10.3 Å². The van der Waals surface area contributed by atoms with Crippen LogP contribution in [0.5, 0.6) is 5.75 Å². The molecule has 0 spiro atoms. The molecule has 234 valence electrons. The van der Waals surface area contributed by atoms with Gasteiger partial charge in [0.15, 0.2) is 5.78 Å². The zero-order valence-electron chi connectivity index (χ0n) is 23.1. The molecule has 5 rings (SSSR count). The standard InChI is InChI=1S/C31H23F6N3O5/c1-16(40-28(42)24-14-20(31(35,36)37)7-12-25(24)38-39-40)22-10-11-23(26(22)29(43)44)27(41)18-5-8-21(9-6-18)45-15-17-3-2-4-19(13-17)30(32,33)34/h2-9,12-14,22-23,26H,1,10-11,15H2,(H,43,44)/t22-,23-,26-/m0/s1. The molecule has 0 radical (unpaired) electrons. The molecule has 1 saturated carbocycles. The summed E-state index contributed by atoms with van der Waals surface area (Å²) in [5.74, 6) is -4.89. The number of rotatable bonds is 8. The van der Waals surface area contributed by atoms with Gasteiger partial charge in [-0.15, -0.1) is 5.10 Å². The van der Waals surface area contributed by atoms with Crippen molar-refractivity contribution in [1.82, 2.24) is 15.0 Å². The summed E-state index contributed by atoms with van der Waals surface area (Å²) in [6.07, 6.45) is -8.98. The summed E-state index contributed by atoms with van der Waals surface area (Å²) >= 11 is 0. The van der Waals surface area contributed by atoms with Gasteiger partial charge in [0.05, 0.1) is 22.4 Å². The van der Waals surface area contributed by atoms with Crippen LogP contribution in [0.1, 0.15) is 39.9 Å². The van der Waals surface area contributed by atoms with E-state index in [1.165, 1.54) is 36.4 Å². The van der Waals surface area contributed by atoms with E-state index in [9.17, 15) is 45.8 Å². The van der Waals surface area contributed by atoms with Gasteiger partial charge >= 0.3 is 18.3 Å². The molecule has 1 aromatic heterocycles. The van der Waals surface area contributed by atoms with Crippen LogP contribution in [0.4, 0.5) is 26.3 Å². The first kappa shape index (κ1) is 31.4. The molecule has 0 aliphatic heterocycles. The molecule has 3 aromatic carbocycles. The fraction of sp³-hybridized carbons (Fsp3) is 0.258. The zero-order chi connectivity index (χ0) is 32.7. The minimum absolute atomic E-state index is 0.0893. The summed E-state index contributed by atoms with van der Waals surface area (Å²) in [7, 11) is 0. The number of aliphatic carboxylic acids is 1. The molecule has 1 heterocycles. The number of alkyl halides is 6. The minimum atomic E-state index is -4.72. The molecule has 1 aliphatic rings. The quantitative estimate of drug-likeness (QED) is 0.175. The van der Waals surface area contributed by atoms with Crippen molar-refractivity contribution >= 4 is 28.4 Å². The largest absolute Gasteiger partial charge is 0.489 e. The normalized spacial score (nSPS) is 18.6. The van der Waals surface area contributed by atoms with Gasteiger partial charge < -0.3 is 9.84 Å². The highest BCUT2D eigenvalue weighted by Crippen LogP contribution is 2.43. The number of Topliss-reactive ketones (excluding diaryl/α,β-unsaturated/α-hetero) is 1. The molecule has 0 bridgehead atoms. The maximum absolute atomic E-state index is 13.4. The van der Waals surface area contributed by atoms with Crippen LogP contribution in [0.25, 0.3) is 16.6 Å². The monoisotopic (exact) mass is 631 g/mol. The van der Waals surface area contributed by atoms with E-state index in [2.05, 4.69) is 16.9 Å². The molecule has 0 amide bonds. The average Bonchev–Trinajstić information content (AvgIpc) is 3.45. The lowest BCUT2D eigenvalue weighted by Gasteiger charge is -2.22. The summed E-state index contributed by atoms with van der Waals surface area (Å²) < 4.78 is 84.8. The first-order chi connectivity index (χ1) is 21.1. The van der Waals surface area contributed by atoms with Gasteiger partial charge in [0.2, 0.25) is 0 Å². The Balaban J connectivity index is 1.32. The van der Waals surface area contributed by atoms with E-state index < -0.39 is 58.5 Å². The van der Waals surface area contributed by atoms with Crippen LogP contribution in [0.15, 0.2) is 78.1 Å². The van der Waals surface area contributed by atoms with Crippen molar-refractivity contribution in [3.63, 3.8) is 0 Å². The van der Waals surface area contributed by atoms with Gasteiger partial charge in [-0.05, 0) is 73.0 Å². The number of hydrogen-bond acceptors (Lipinski definition) is 6. The Hall–Kier alpha value is -5.01. The third-order valence-electron chi connectivity index (χ3n) is 7.76. The number of aromatic nitrogens is 3. The summed E-state index contributed by atoms with van der Waals surface area (Å²) in [5, 5.41) is 17.2. The average molecular weight is 632 g/mol. The maximum atomic E-state index is 13.4. The Morgan fingerprint density at radius 2 is 1.56 bits per heavy atom. The second-order valence-electron chi connectivity index (χ2n) is 10.6. The fourth-order valence-corrected chi connectivity index (χ4v) is 5.51. The number of fused-ring (bicyclic) bond motifs is 1. The molecular weight excluding hydrogens is 608 g/mol. The Morgan fingerprint density at radius 1 is 0.911 bits per heavy atom. The maximum Gasteiger partial charge on any atom is 0.416 e. The van der Waals surface area contributed by atoms with Crippen molar-refractivity contribution in [3.8, 4) is 5.75 Å². The van der Waals surface area contributed by atoms with Gasteiger partial charge in [0.1, 0.15) is 17.9 Å². The van der Waals surface area contributed by atoms with Crippen LogP contribution in [-0.4, -0.2) is 31.9 Å². The van der Waals surface area contributed by atoms with Crippen molar-refractivity contribution in [2.45, 2.75) is 31.8 Å². The van der Waals surface area contributed by atoms with E-state index in [1.54, 1.807) is 0 Å². The van der Waals surface area contributed by atoms with Crippen molar-refractivity contribution in [2.24, 2.45) is 17.8 Å². The highest BCUT2D eigenvalue weighted by atomic mass is 19.4. The number of ketones is 1. The Bertz CT molecular complexity index is 1850. The van der Waals surface area contributed by atoms with Crippen molar-refractivity contribution < 1.29 is 45.8 Å². The third-order valence-corrected chi connectivity index (χ3v) is 7.76. The molecule has 45 heavy (non-hydrogen) atoms. The summed E-state index contributed by atoms with van der Waals surface area (Å²) in [6, 6.07) is 12.7. The van der Waals surface area contributed by atoms with Crippen molar-refractivity contribution in [3.05, 3.63) is 106 Å². The van der Waals surface area contributed by atoms with Crippen LogP contribution in [0, 0.1) is 17.8 Å². The van der Waals surface area contributed by atoms with E-state index in [4.69, 9.17) is 4.74 Å². The number of hydrogen-bond donors (Lipinski definition) is 1. The minimum Gasteiger partial charge on any atom is -0.489 e.